The molecule has 0 unspecified atom stereocenters. The summed E-state index contributed by atoms with van der Waals surface area (Å²) in [5.41, 5.74) is 0.743. The van der Waals surface area contributed by atoms with Crippen LogP contribution in [0, 0.1) is 0 Å². The van der Waals surface area contributed by atoms with E-state index >= 15 is 0 Å². The van der Waals surface area contributed by atoms with Gasteiger partial charge in [0.25, 0.3) is 0 Å². The maximum absolute atomic E-state index is 11.7. The average molecular weight is 382 g/mol. The van der Waals surface area contributed by atoms with Gasteiger partial charge in [0.1, 0.15) is 0 Å². The molecule has 1 N–H and O–H groups in total. The van der Waals surface area contributed by atoms with E-state index in [0.717, 1.165) is 10.2 Å². The quantitative estimate of drug-likeness (QED) is 0.754. The van der Waals surface area contributed by atoms with Gasteiger partial charge in [-0.3, -0.25) is 0 Å². The third-order valence-corrected chi connectivity index (χ3v) is 6.18. The number of anilines is 1. The molecule has 0 bridgehead atoms. The van der Waals surface area contributed by atoms with E-state index in [0.29, 0.717) is 10.1 Å². The van der Waals surface area contributed by atoms with Gasteiger partial charge in [0.15, 0.2) is 14.9 Å². The molecule has 3 rings (SSSR count). The van der Waals surface area contributed by atoms with Crippen LogP contribution in [-0.2, 0) is 9.84 Å². The average Bonchev–Trinajstić information content (AvgIpc) is 2.70. The summed E-state index contributed by atoms with van der Waals surface area (Å²) < 4.78 is 24.3. The highest BCUT2D eigenvalue weighted by Gasteiger charge is 2.48. The maximum atomic E-state index is 11.7. The van der Waals surface area contributed by atoms with Crippen molar-refractivity contribution in [1.29, 1.82) is 0 Å². The van der Waals surface area contributed by atoms with Crippen molar-refractivity contribution < 1.29 is 8.42 Å². The highest BCUT2D eigenvalue weighted by atomic mass is 79.9. The predicted octanol–water partition coefficient (Wildman–Crippen LogP) is 1.96. The van der Waals surface area contributed by atoms with Crippen molar-refractivity contribution in [3.63, 3.8) is 0 Å². The standard InChI is InChI=1S/C11H10BrClN2O2S2/c12-6-1-2-9(7(13)3-6)15-10-5-19(16,17)4-8(10)14-11(15)18/h1-3,8,10H,4-5H2,(H,14,18)/t8-,10-/m1/s1. The van der Waals surface area contributed by atoms with Gasteiger partial charge in [-0.2, -0.15) is 0 Å². The highest BCUT2D eigenvalue weighted by Crippen LogP contribution is 2.35. The van der Waals surface area contributed by atoms with Crippen molar-refractivity contribution in [3.05, 3.63) is 27.7 Å². The van der Waals surface area contributed by atoms with Crippen molar-refractivity contribution in [1.82, 2.24) is 5.32 Å². The van der Waals surface area contributed by atoms with E-state index in [1.165, 1.54) is 0 Å². The largest absolute Gasteiger partial charge is 0.356 e. The van der Waals surface area contributed by atoms with E-state index in [-0.39, 0.29) is 23.6 Å². The molecule has 8 heteroatoms. The van der Waals surface area contributed by atoms with Crippen LogP contribution in [0.2, 0.25) is 5.02 Å². The lowest BCUT2D eigenvalue weighted by Gasteiger charge is -2.24. The first kappa shape index (κ1) is 13.6. The van der Waals surface area contributed by atoms with Crippen molar-refractivity contribution >= 4 is 60.4 Å². The molecule has 0 radical (unpaired) electrons. The molecule has 2 atom stereocenters. The Hall–Kier alpha value is -0.370. The number of thiocarbonyl (C=S) groups is 1. The number of sulfone groups is 1. The molecule has 0 aliphatic carbocycles. The molecule has 19 heavy (non-hydrogen) atoms. The van der Waals surface area contributed by atoms with Crippen LogP contribution in [0.4, 0.5) is 5.69 Å². The highest BCUT2D eigenvalue weighted by molar-refractivity contribution is 9.10. The first-order valence-electron chi connectivity index (χ1n) is 5.62. The summed E-state index contributed by atoms with van der Waals surface area (Å²) in [6.45, 7) is 0. The lowest BCUT2D eigenvalue weighted by Crippen LogP contribution is -2.37. The number of nitrogens with zero attached hydrogens (tertiary/aromatic N) is 1. The molecule has 1 aromatic carbocycles. The zero-order chi connectivity index (χ0) is 13.8. The summed E-state index contributed by atoms with van der Waals surface area (Å²) in [5, 5.41) is 4.15. The van der Waals surface area contributed by atoms with E-state index in [2.05, 4.69) is 21.2 Å². The van der Waals surface area contributed by atoms with Gasteiger partial charge in [-0.1, -0.05) is 27.5 Å². The lowest BCUT2D eigenvalue weighted by molar-refractivity contribution is 0.600. The lowest BCUT2D eigenvalue weighted by atomic mass is 10.1. The topological polar surface area (TPSA) is 49.4 Å². The summed E-state index contributed by atoms with van der Waals surface area (Å²) in [6, 6.07) is 5.17. The van der Waals surface area contributed by atoms with Gasteiger partial charge in [-0.05, 0) is 30.4 Å². The molecule has 4 nitrogen and oxygen atoms in total. The van der Waals surface area contributed by atoms with Crippen LogP contribution in [0.15, 0.2) is 22.7 Å². The van der Waals surface area contributed by atoms with Gasteiger partial charge < -0.3 is 10.2 Å². The van der Waals surface area contributed by atoms with Crippen LogP contribution >= 0.6 is 39.7 Å². The fourth-order valence-corrected chi connectivity index (χ4v) is 5.60. The molecule has 2 fully saturated rings. The third kappa shape index (κ3) is 2.37. The van der Waals surface area contributed by atoms with Crippen LogP contribution in [0.1, 0.15) is 0 Å². The smallest absolute Gasteiger partial charge is 0.174 e. The van der Waals surface area contributed by atoms with Crippen LogP contribution in [0.3, 0.4) is 0 Å². The Morgan fingerprint density at radius 1 is 1.42 bits per heavy atom. The molecule has 2 heterocycles. The third-order valence-electron chi connectivity index (χ3n) is 3.35. The van der Waals surface area contributed by atoms with Crippen LogP contribution in [0.25, 0.3) is 0 Å². The Labute approximate surface area is 130 Å². The number of fused-ring (bicyclic) bond motifs is 1. The minimum Gasteiger partial charge on any atom is -0.356 e. The number of hydrogen-bond donors (Lipinski definition) is 1. The van der Waals surface area contributed by atoms with E-state index in [4.69, 9.17) is 23.8 Å². The Bertz CT molecular complexity index is 665. The van der Waals surface area contributed by atoms with Crippen molar-refractivity contribution in [2.24, 2.45) is 0 Å². The summed E-state index contributed by atoms with van der Waals surface area (Å²) in [6.07, 6.45) is 0. The second-order valence-corrected chi connectivity index (χ2v) is 8.53. The summed E-state index contributed by atoms with van der Waals surface area (Å²) in [7, 11) is -3.01. The Morgan fingerprint density at radius 3 is 2.84 bits per heavy atom. The van der Waals surface area contributed by atoms with E-state index < -0.39 is 9.84 Å². The monoisotopic (exact) mass is 380 g/mol. The maximum Gasteiger partial charge on any atom is 0.174 e. The zero-order valence-corrected chi connectivity index (χ0v) is 13.6. The predicted molar refractivity (Wildman–Crippen MR) is 83.6 cm³/mol. The van der Waals surface area contributed by atoms with Crippen LogP contribution < -0.4 is 10.2 Å². The molecule has 0 amide bonds. The molecule has 0 spiro atoms. The molecule has 0 aromatic heterocycles. The van der Waals surface area contributed by atoms with Gasteiger partial charge in [0.05, 0.1) is 34.3 Å². The first-order valence-corrected chi connectivity index (χ1v) is 9.03. The second-order valence-electron chi connectivity index (χ2n) is 4.67. The first-order chi connectivity index (χ1) is 8.87. The number of benzene rings is 1. The van der Waals surface area contributed by atoms with Gasteiger partial charge in [0.2, 0.25) is 0 Å². The Morgan fingerprint density at radius 2 is 2.16 bits per heavy atom. The van der Waals surface area contributed by atoms with Gasteiger partial charge in [0, 0.05) is 4.47 Å². The summed E-state index contributed by atoms with van der Waals surface area (Å²) in [5.74, 6) is 0.236. The number of hydrogen-bond acceptors (Lipinski definition) is 3. The molecule has 102 valence electrons. The summed E-state index contributed by atoms with van der Waals surface area (Å²) in [4.78, 5) is 1.82. The molecule has 0 saturated carbocycles. The fraction of sp³-hybridized carbons (Fsp3) is 0.364. The van der Waals surface area contributed by atoms with Crippen LogP contribution in [-0.4, -0.2) is 37.1 Å². The summed E-state index contributed by atoms with van der Waals surface area (Å²) >= 11 is 14.9. The molecule has 2 aliphatic heterocycles. The minimum absolute atomic E-state index is 0.108. The fourth-order valence-electron chi connectivity index (χ4n) is 2.56. The molecular formula is C11H10BrClN2O2S2. The molecular weight excluding hydrogens is 372 g/mol. The van der Waals surface area contributed by atoms with E-state index in [1.807, 2.05) is 17.0 Å². The SMILES string of the molecule is O=S1(=O)C[C@@H]2[C@@H](C1)NC(=S)N2c1ccc(Br)cc1Cl. The molecule has 2 saturated heterocycles. The molecule has 2 aliphatic rings. The normalized spacial score (nSPS) is 28.3. The Balaban J connectivity index is 2.02. The minimum atomic E-state index is -3.01. The van der Waals surface area contributed by atoms with Crippen molar-refractivity contribution in [3.8, 4) is 0 Å². The van der Waals surface area contributed by atoms with Crippen molar-refractivity contribution in [2.45, 2.75) is 12.1 Å². The number of rotatable bonds is 1. The zero-order valence-electron chi connectivity index (χ0n) is 9.64. The van der Waals surface area contributed by atoms with E-state index in [1.54, 1.807) is 6.07 Å². The second kappa shape index (κ2) is 4.58. The Kier molecular flexibility index (Phi) is 3.28. The number of halogens is 2. The van der Waals surface area contributed by atoms with Gasteiger partial charge in [-0.25, -0.2) is 8.42 Å². The van der Waals surface area contributed by atoms with Gasteiger partial charge in [-0.15, -0.1) is 0 Å². The van der Waals surface area contributed by atoms with Gasteiger partial charge >= 0.3 is 0 Å². The number of nitrogens with one attached hydrogen (secondary N) is 1. The molecule has 1 aromatic rings. The van der Waals surface area contributed by atoms with Crippen molar-refractivity contribution in [2.75, 3.05) is 16.4 Å². The van der Waals surface area contributed by atoms with Crippen LogP contribution in [0.5, 0.6) is 0 Å². The van der Waals surface area contributed by atoms with E-state index in [9.17, 15) is 8.42 Å².